The van der Waals surface area contributed by atoms with Gasteiger partial charge in [0.2, 0.25) is 11.8 Å². The van der Waals surface area contributed by atoms with E-state index in [0.717, 1.165) is 25.8 Å². The normalized spacial score (nSPS) is 28.4. The van der Waals surface area contributed by atoms with Crippen LogP contribution in [0.3, 0.4) is 0 Å². The summed E-state index contributed by atoms with van der Waals surface area (Å²) in [4.78, 5) is 28.5. The Bertz CT molecular complexity index is 515. The number of carbonyl (C=O) groups excluding carboxylic acids is 2. The van der Waals surface area contributed by atoms with E-state index < -0.39 is 5.41 Å². The lowest BCUT2D eigenvalue weighted by atomic mass is 9.83. The third-order valence-electron chi connectivity index (χ3n) is 5.41. The molecule has 0 spiro atoms. The Morgan fingerprint density at radius 3 is 2.74 bits per heavy atom. The number of hydrogen-bond donors (Lipinski definition) is 1. The van der Waals surface area contributed by atoms with Crippen molar-refractivity contribution in [2.45, 2.75) is 44.6 Å². The SMILES string of the molecule is Cl.N#CC1(C(=O)N2CC[C@@H]3[C@@H](CCC(=O)N3CCCN)C2)CC1. The largest absolute Gasteiger partial charge is 0.341 e. The lowest BCUT2D eigenvalue weighted by Gasteiger charge is -2.47. The molecule has 0 radical (unpaired) electrons. The molecule has 0 unspecified atom stereocenters. The van der Waals surface area contributed by atoms with Crippen molar-refractivity contribution in [2.24, 2.45) is 17.1 Å². The molecule has 0 bridgehead atoms. The van der Waals surface area contributed by atoms with Crippen molar-refractivity contribution in [3.63, 3.8) is 0 Å². The molecule has 2 heterocycles. The lowest BCUT2D eigenvalue weighted by Crippen LogP contribution is -2.57. The van der Waals surface area contributed by atoms with Crippen LogP contribution < -0.4 is 5.73 Å². The lowest BCUT2D eigenvalue weighted by molar-refractivity contribution is -0.145. The van der Waals surface area contributed by atoms with Crippen molar-refractivity contribution in [2.75, 3.05) is 26.2 Å². The number of carbonyl (C=O) groups is 2. The van der Waals surface area contributed by atoms with E-state index >= 15 is 0 Å². The van der Waals surface area contributed by atoms with Crippen molar-refractivity contribution in [3.05, 3.63) is 0 Å². The second kappa shape index (κ2) is 7.06. The van der Waals surface area contributed by atoms with Gasteiger partial charge in [-0.3, -0.25) is 9.59 Å². The summed E-state index contributed by atoms with van der Waals surface area (Å²) >= 11 is 0. The van der Waals surface area contributed by atoms with Gasteiger partial charge in [0, 0.05) is 32.1 Å². The van der Waals surface area contributed by atoms with E-state index in [1.807, 2.05) is 9.80 Å². The summed E-state index contributed by atoms with van der Waals surface area (Å²) in [6.07, 6.45) is 4.48. The van der Waals surface area contributed by atoms with Crippen LogP contribution >= 0.6 is 12.4 Å². The van der Waals surface area contributed by atoms with Crippen LogP contribution in [-0.4, -0.2) is 53.8 Å². The molecule has 3 rings (SSSR count). The average molecular weight is 341 g/mol. The van der Waals surface area contributed by atoms with E-state index in [-0.39, 0.29) is 30.3 Å². The second-order valence-electron chi connectivity index (χ2n) is 6.83. The quantitative estimate of drug-likeness (QED) is 0.823. The first-order valence-electron chi connectivity index (χ1n) is 8.31. The Morgan fingerprint density at radius 1 is 1.39 bits per heavy atom. The maximum absolute atomic E-state index is 12.5. The number of hydrogen-bond acceptors (Lipinski definition) is 4. The van der Waals surface area contributed by atoms with Crippen LogP contribution in [0, 0.1) is 22.7 Å². The average Bonchev–Trinajstić information content (AvgIpc) is 3.34. The predicted octanol–water partition coefficient (Wildman–Crippen LogP) is 0.900. The van der Waals surface area contributed by atoms with Crippen LogP contribution in [0.4, 0.5) is 0 Å². The van der Waals surface area contributed by atoms with Crippen molar-refractivity contribution < 1.29 is 9.59 Å². The van der Waals surface area contributed by atoms with Gasteiger partial charge in [-0.1, -0.05) is 0 Å². The summed E-state index contributed by atoms with van der Waals surface area (Å²) in [5.41, 5.74) is 4.84. The van der Waals surface area contributed by atoms with Crippen molar-refractivity contribution in [1.82, 2.24) is 9.80 Å². The van der Waals surface area contributed by atoms with Gasteiger partial charge in [0.25, 0.3) is 0 Å². The van der Waals surface area contributed by atoms with E-state index in [2.05, 4.69) is 6.07 Å². The molecule has 2 atom stereocenters. The van der Waals surface area contributed by atoms with Crippen LogP contribution in [0.2, 0.25) is 0 Å². The molecular weight excluding hydrogens is 316 g/mol. The number of halogens is 1. The Kier molecular flexibility index (Phi) is 5.53. The minimum absolute atomic E-state index is 0. The highest BCUT2D eigenvalue weighted by Crippen LogP contribution is 2.47. The minimum Gasteiger partial charge on any atom is -0.341 e. The maximum Gasteiger partial charge on any atom is 0.243 e. The topological polar surface area (TPSA) is 90.4 Å². The van der Waals surface area contributed by atoms with Gasteiger partial charge in [0.15, 0.2) is 0 Å². The molecular formula is C16H25ClN4O2. The molecule has 2 aliphatic heterocycles. The molecule has 7 heteroatoms. The molecule has 23 heavy (non-hydrogen) atoms. The van der Waals surface area contributed by atoms with E-state index in [4.69, 9.17) is 5.73 Å². The molecule has 3 aliphatic rings. The van der Waals surface area contributed by atoms with Crippen LogP contribution in [0.1, 0.15) is 38.5 Å². The van der Waals surface area contributed by atoms with Crippen LogP contribution in [0.15, 0.2) is 0 Å². The fraction of sp³-hybridized carbons (Fsp3) is 0.812. The zero-order chi connectivity index (χ0) is 15.7. The second-order valence-corrected chi connectivity index (χ2v) is 6.83. The third-order valence-corrected chi connectivity index (χ3v) is 5.41. The number of nitrogens with two attached hydrogens (primary N) is 1. The van der Waals surface area contributed by atoms with Gasteiger partial charge in [-0.15, -0.1) is 12.4 Å². The maximum atomic E-state index is 12.5. The summed E-state index contributed by atoms with van der Waals surface area (Å²) in [5.74, 6) is 0.590. The van der Waals surface area contributed by atoms with Gasteiger partial charge in [-0.05, 0) is 44.6 Å². The molecule has 128 valence electrons. The van der Waals surface area contributed by atoms with Gasteiger partial charge in [-0.2, -0.15) is 5.26 Å². The number of likely N-dealkylation sites (tertiary alicyclic amines) is 2. The monoisotopic (exact) mass is 340 g/mol. The molecule has 0 aromatic heterocycles. The standard InChI is InChI=1S/C16H24N4O2.ClH/c17-7-1-8-20-13-4-9-19(10-12(13)2-3-14(20)21)15(22)16(11-18)5-6-16;/h12-13H,1-10,17H2;1H/t12-,13+;/m0./s1. The van der Waals surface area contributed by atoms with Gasteiger partial charge in [0.1, 0.15) is 5.41 Å². The number of nitrogens with zero attached hydrogens (tertiary/aromatic N) is 3. The van der Waals surface area contributed by atoms with E-state index in [0.29, 0.717) is 44.8 Å². The number of piperidine rings is 2. The Labute approximate surface area is 143 Å². The minimum atomic E-state index is -0.726. The Hall–Kier alpha value is -1.32. The van der Waals surface area contributed by atoms with Gasteiger partial charge < -0.3 is 15.5 Å². The highest BCUT2D eigenvalue weighted by molar-refractivity contribution is 5.88. The van der Waals surface area contributed by atoms with Crippen LogP contribution in [0.5, 0.6) is 0 Å². The summed E-state index contributed by atoms with van der Waals surface area (Å²) in [7, 11) is 0. The zero-order valence-electron chi connectivity index (χ0n) is 13.4. The molecule has 1 saturated carbocycles. The Morgan fingerprint density at radius 2 is 2.13 bits per heavy atom. The van der Waals surface area contributed by atoms with E-state index in [9.17, 15) is 14.9 Å². The number of fused-ring (bicyclic) bond motifs is 1. The molecule has 6 nitrogen and oxygen atoms in total. The first-order valence-corrected chi connectivity index (χ1v) is 8.31. The fourth-order valence-corrected chi connectivity index (χ4v) is 3.89. The Balaban J connectivity index is 0.00000192. The van der Waals surface area contributed by atoms with Gasteiger partial charge in [-0.25, -0.2) is 0 Å². The number of nitriles is 1. The van der Waals surface area contributed by atoms with Crippen molar-refractivity contribution in [3.8, 4) is 6.07 Å². The predicted molar refractivity (Wildman–Crippen MR) is 87.6 cm³/mol. The molecule has 2 amide bonds. The zero-order valence-corrected chi connectivity index (χ0v) is 14.2. The van der Waals surface area contributed by atoms with E-state index in [1.54, 1.807) is 0 Å². The fourth-order valence-electron chi connectivity index (χ4n) is 3.89. The molecule has 2 N–H and O–H groups in total. The van der Waals surface area contributed by atoms with Gasteiger partial charge in [0.05, 0.1) is 6.07 Å². The summed E-state index contributed by atoms with van der Waals surface area (Å²) < 4.78 is 0. The van der Waals surface area contributed by atoms with Gasteiger partial charge >= 0.3 is 0 Å². The smallest absolute Gasteiger partial charge is 0.243 e. The first kappa shape index (κ1) is 18.0. The van der Waals surface area contributed by atoms with Crippen LogP contribution in [-0.2, 0) is 9.59 Å². The number of amides is 2. The first-order chi connectivity index (χ1) is 10.6. The summed E-state index contributed by atoms with van der Waals surface area (Å²) in [6, 6.07) is 2.44. The highest BCUT2D eigenvalue weighted by atomic mass is 35.5. The molecule has 0 aromatic carbocycles. The molecule has 0 aromatic rings. The molecule has 1 aliphatic carbocycles. The third kappa shape index (κ3) is 3.31. The molecule has 2 saturated heterocycles. The summed E-state index contributed by atoms with van der Waals surface area (Å²) in [5, 5.41) is 9.20. The number of rotatable bonds is 4. The highest BCUT2D eigenvalue weighted by Gasteiger charge is 2.53. The van der Waals surface area contributed by atoms with Crippen molar-refractivity contribution in [1.29, 1.82) is 5.26 Å². The van der Waals surface area contributed by atoms with Crippen molar-refractivity contribution >= 4 is 24.2 Å². The van der Waals surface area contributed by atoms with E-state index in [1.165, 1.54) is 0 Å². The molecule has 3 fully saturated rings. The summed E-state index contributed by atoms with van der Waals surface area (Å²) in [6.45, 7) is 2.68. The van der Waals surface area contributed by atoms with Crippen LogP contribution in [0.25, 0.3) is 0 Å².